The highest BCUT2D eigenvalue weighted by Gasteiger charge is 2.13. The van der Waals surface area contributed by atoms with Gasteiger partial charge in [-0.2, -0.15) is 8.78 Å². The number of hydrogen-bond acceptors (Lipinski definition) is 4. The number of benzene rings is 2. The molecule has 0 radical (unpaired) electrons. The third-order valence-electron chi connectivity index (χ3n) is 2.96. The molecular weight excluding hydrogens is 306 g/mol. The van der Waals surface area contributed by atoms with Crippen LogP contribution in [-0.4, -0.2) is 24.6 Å². The van der Waals surface area contributed by atoms with Gasteiger partial charge in [0.2, 0.25) is 0 Å². The molecule has 0 spiro atoms. The maximum atomic E-state index is 12.3. The molecule has 23 heavy (non-hydrogen) atoms. The normalized spacial score (nSPS) is 11.0. The van der Waals surface area contributed by atoms with Crippen LogP contribution in [0.4, 0.5) is 8.78 Å². The fourth-order valence-electron chi connectivity index (χ4n) is 1.91. The number of allylic oxidation sites excluding steroid dienone is 1. The van der Waals surface area contributed by atoms with Gasteiger partial charge in [-0.05, 0) is 42.0 Å². The molecule has 2 aromatic rings. The van der Waals surface area contributed by atoms with Crippen molar-refractivity contribution in [2.24, 2.45) is 0 Å². The first-order valence-corrected chi connectivity index (χ1v) is 6.64. The van der Waals surface area contributed by atoms with E-state index in [2.05, 4.69) is 4.74 Å². The van der Waals surface area contributed by atoms with Gasteiger partial charge in [-0.15, -0.1) is 0 Å². The zero-order valence-electron chi connectivity index (χ0n) is 12.2. The van der Waals surface area contributed by atoms with Gasteiger partial charge in [-0.3, -0.25) is 4.79 Å². The molecule has 0 aliphatic heterocycles. The third kappa shape index (κ3) is 4.54. The lowest BCUT2D eigenvalue weighted by atomic mass is 10.1. The summed E-state index contributed by atoms with van der Waals surface area (Å²) in [6.45, 7) is -2.98. The van der Waals surface area contributed by atoms with Crippen LogP contribution in [0.3, 0.4) is 0 Å². The van der Waals surface area contributed by atoms with Crippen molar-refractivity contribution in [3.63, 3.8) is 0 Å². The summed E-state index contributed by atoms with van der Waals surface area (Å²) in [6.07, 6.45) is 2.86. The van der Waals surface area contributed by atoms with Crippen LogP contribution in [0.25, 0.3) is 6.08 Å². The van der Waals surface area contributed by atoms with Crippen molar-refractivity contribution in [1.82, 2.24) is 0 Å². The molecule has 0 heterocycles. The number of carbonyl (C=O) groups is 1. The van der Waals surface area contributed by atoms with E-state index in [0.717, 1.165) is 0 Å². The Morgan fingerprint density at radius 3 is 2.61 bits per heavy atom. The molecule has 120 valence electrons. The van der Waals surface area contributed by atoms with Crippen molar-refractivity contribution in [2.45, 2.75) is 6.61 Å². The number of phenolic OH excluding ortho intramolecular Hbond substituents is 1. The summed E-state index contributed by atoms with van der Waals surface area (Å²) in [5, 5.41) is 9.36. The quantitative estimate of drug-likeness (QED) is 0.648. The summed E-state index contributed by atoms with van der Waals surface area (Å²) in [7, 11) is 1.30. The molecule has 0 saturated carbocycles. The summed E-state index contributed by atoms with van der Waals surface area (Å²) in [4.78, 5) is 12.1. The molecule has 0 aliphatic carbocycles. The van der Waals surface area contributed by atoms with Crippen molar-refractivity contribution in [1.29, 1.82) is 0 Å². The SMILES string of the molecule is COc1cc(C(=O)C=Cc2cccc(O)c2)ccc1OC(F)F. The van der Waals surface area contributed by atoms with Crippen molar-refractivity contribution < 1.29 is 28.2 Å². The van der Waals surface area contributed by atoms with E-state index in [9.17, 15) is 18.7 Å². The van der Waals surface area contributed by atoms with Crippen LogP contribution in [0, 0.1) is 0 Å². The Bertz CT molecular complexity index is 726. The first-order chi connectivity index (χ1) is 11.0. The molecule has 0 fully saturated rings. The molecule has 0 bridgehead atoms. The summed E-state index contributed by atoms with van der Waals surface area (Å²) in [5.41, 5.74) is 0.919. The number of hydrogen-bond donors (Lipinski definition) is 1. The van der Waals surface area contributed by atoms with Gasteiger partial charge in [0.25, 0.3) is 0 Å². The van der Waals surface area contributed by atoms with Crippen LogP contribution in [-0.2, 0) is 0 Å². The van der Waals surface area contributed by atoms with E-state index in [1.165, 1.54) is 49.6 Å². The summed E-state index contributed by atoms with van der Waals surface area (Å²) in [6, 6.07) is 10.3. The number of ketones is 1. The van der Waals surface area contributed by atoms with Crippen LogP contribution in [0.1, 0.15) is 15.9 Å². The summed E-state index contributed by atoms with van der Waals surface area (Å²) < 4.78 is 33.8. The minimum atomic E-state index is -2.98. The Balaban J connectivity index is 2.19. The number of aromatic hydroxyl groups is 1. The van der Waals surface area contributed by atoms with Gasteiger partial charge in [0.05, 0.1) is 7.11 Å². The zero-order chi connectivity index (χ0) is 16.8. The second kappa shape index (κ2) is 7.40. The molecule has 2 aromatic carbocycles. The Kier molecular flexibility index (Phi) is 5.30. The lowest BCUT2D eigenvalue weighted by Crippen LogP contribution is -2.04. The molecule has 2 rings (SSSR count). The van der Waals surface area contributed by atoms with E-state index >= 15 is 0 Å². The van der Waals surface area contributed by atoms with Gasteiger partial charge < -0.3 is 14.6 Å². The van der Waals surface area contributed by atoms with Crippen molar-refractivity contribution in [3.05, 3.63) is 59.7 Å². The fraction of sp³-hybridized carbons (Fsp3) is 0.118. The highest BCUT2D eigenvalue weighted by atomic mass is 19.3. The van der Waals surface area contributed by atoms with E-state index in [-0.39, 0.29) is 28.6 Å². The predicted molar refractivity (Wildman–Crippen MR) is 81.1 cm³/mol. The largest absolute Gasteiger partial charge is 0.508 e. The Hall–Kier alpha value is -2.89. The Morgan fingerprint density at radius 1 is 1.17 bits per heavy atom. The van der Waals surface area contributed by atoms with Gasteiger partial charge in [0, 0.05) is 5.56 Å². The third-order valence-corrected chi connectivity index (χ3v) is 2.96. The van der Waals surface area contributed by atoms with Gasteiger partial charge in [0.1, 0.15) is 5.75 Å². The minimum absolute atomic E-state index is 0.0434. The number of methoxy groups -OCH3 is 1. The number of carbonyl (C=O) groups excluding carboxylic acids is 1. The second-order valence-corrected chi connectivity index (χ2v) is 4.54. The smallest absolute Gasteiger partial charge is 0.387 e. The van der Waals surface area contributed by atoms with Crippen LogP contribution < -0.4 is 9.47 Å². The highest BCUT2D eigenvalue weighted by molar-refractivity contribution is 6.07. The van der Waals surface area contributed by atoms with Crippen LogP contribution >= 0.6 is 0 Å². The van der Waals surface area contributed by atoms with Crippen LogP contribution in [0.2, 0.25) is 0 Å². The van der Waals surface area contributed by atoms with E-state index in [0.29, 0.717) is 5.56 Å². The zero-order valence-corrected chi connectivity index (χ0v) is 12.2. The van der Waals surface area contributed by atoms with Crippen molar-refractivity contribution >= 4 is 11.9 Å². The van der Waals surface area contributed by atoms with Gasteiger partial charge in [0.15, 0.2) is 17.3 Å². The monoisotopic (exact) mass is 320 g/mol. The molecule has 4 nitrogen and oxygen atoms in total. The first kappa shape index (κ1) is 16.5. The van der Waals surface area contributed by atoms with Gasteiger partial charge >= 0.3 is 6.61 Å². The van der Waals surface area contributed by atoms with Crippen LogP contribution in [0.15, 0.2) is 48.5 Å². The summed E-state index contributed by atoms with van der Waals surface area (Å²) in [5.74, 6) is -0.345. The number of halogens is 2. The molecule has 0 atom stereocenters. The highest BCUT2D eigenvalue weighted by Crippen LogP contribution is 2.29. The molecular formula is C17H14F2O4. The molecule has 1 N–H and O–H groups in total. The first-order valence-electron chi connectivity index (χ1n) is 6.64. The minimum Gasteiger partial charge on any atom is -0.508 e. The standard InChI is InChI=1S/C17H14F2O4/c1-22-16-10-12(6-8-15(16)23-17(18)19)14(21)7-5-11-3-2-4-13(20)9-11/h2-10,17,20H,1H3. The van der Waals surface area contributed by atoms with Crippen molar-refractivity contribution in [2.75, 3.05) is 7.11 Å². The van der Waals surface area contributed by atoms with Gasteiger partial charge in [-0.1, -0.05) is 18.2 Å². The average Bonchev–Trinajstić information content (AvgIpc) is 2.52. The predicted octanol–water partition coefficient (Wildman–Crippen LogP) is 3.90. The number of ether oxygens (including phenoxy) is 2. The van der Waals surface area contributed by atoms with Crippen molar-refractivity contribution in [3.8, 4) is 17.2 Å². The average molecular weight is 320 g/mol. The van der Waals surface area contributed by atoms with Gasteiger partial charge in [-0.25, -0.2) is 0 Å². The number of rotatable bonds is 6. The summed E-state index contributed by atoms with van der Waals surface area (Å²) >= 11 is 0. The molecule has 6 heteroatoms. The lowest BCUT2D eigenvalue weighted by molar-refractivity contribution is -0.0512. The Morgan fingerprint density at radius 2 is 1.96 bits per heavy atom. The molecule has 0 amide bonds. The molecule has 0 saturated heterocycles. The Labute approximate surface area is 131 Å². The number of phenols is 1. The molecule has 0 aliphatic rings. The lowest BCUT2D eigenvalue weighted by Gasteiger charge is -2.10. The topological polar surface area (TPSA) is 55.8 Å². The molecule has 0 aromatic heterocycles. The molecule has 0 unspecified atom stereocenters. The second-order valence-electron chi connectivity index (χ2n) is 4.54. The maximum absolute atomic E-state index is 12.3. The van der Waals surface area contributed by atoms with E-state index < -0.39 is 6.61 Å². The fourth-order valence-corrected chi connectivity index (χ4v) is 1.91. The van der Waals surface area contributed by atoms with E-state index in [1.54, 1.807) is 12.1 Å². The maximum Gasteiger partial charge on any atom is 0.387 e. The van der Waals surface area contributed by atoms with E-state index in [4.69, 9.17) is 4.74 Å². The van der Waals surface area contributed by atoms with E-state index in [1.807, 2.05) is 0 Å². The number of alkyl halides is 2. The van der Waals surface area contributed by atoms with Crippen LogP contribution in [0.5, 0.6) is 17.2 Å².